The highest BCUT2D eigenvalue weighted by Crippen LogP contribution is 2.42. The largest absolute Gasteiger partial charge is 0.342 e. The Morgan fingerprint density at radius 3 is 2.41 bits per heavy atom. The fraction of sp³-hybridized carbons (Fsp3) is 0.577. The number of nitro groups is 1. The van der Waals surface area contributed by atoms with E-state index in [1.165, 1.54) is 0 Å². The molecule has 3 aliphatic rings. The van der Waals surface area contributed by atoms with Gasteiger partial charge in [-0.1, -0.05) is 31.0 Å². The zero-order valence-electron chi connectivity index (χ0n) is 19.6. The van der Waals surface area contributed by atoms with E-state index in [-0.39, 0.29) is 52.7 Å². The Morgan fingerprint density at radius 1 is 1.12 bits per heavy atom. The van der Waals surface area contributed by atoms with E-state index in [1.807, 2.05) is 42.2 Å². The molecule has 2 heterocycles. The lowest BCUT2D eigenvalue weighted by Crippen LogP contribution is -2.44. The summed E-state index contributed by atoms with van der Waals surface area (Å²) in [4.78, 5) is 52.2. The number of nitrogens with zero attached hydrogens (tertiary/aromatic N) is 3. The number of carbonyl (C=O) groups is 3. The van der Waals surface area contributed by atoms with Crippen LogP contribution in [0.5, 0.6) is 0 Å². The Bertz CT molecular complexity index is 1020. The molecule has 2 aliphatic heterocycles. The van der Waals surface area contributed by atoms with Gasteiger partial charge >= 0.3 is 0 Å². The number of piperidine rings is 1. The van der Waals surface area contributed by atoms with Crippen LogP contribution in [0.4, 0.5) is 0 Å². The Labute approximate surface area is 199 Å². The summed E-state index contributed by atoms with van der Waals surface area (Å²) in [5.41, 5.74) is 0.803. The summed E-state index contributed by atoms with van der Waals surface area (Å²) in [7, 11) is 0. The second-order valence-corrected chi connectivity index (χ2v) is 10.1. The van der Waals surface area contributed by atoms with Gasteiger partial charge in [0.05, 0.1) is 0 Å². The van der Waals surface area contributed by atoms with Crippen LogP contribution in [0.1, 0.15) is 44.6 Å². The van der Waals surface area contributed by atoms with Gasteiger partial charge in [-0.05, 0) is 42.7 Å². The van der Waals surface area contributed by atoms with Gasteiger partial charge in [0.2, 0.25) is 12.5 Å². The lowest BCUT2D eigenvalue weighted by molar-refractivity contribution is -0.490. The van der Waals surface area contributed by atoms with Crippen molar-refractivity contribution in [3.8, 4) is 11.8 Å². The predicted molar refractivity (Wildman–Crippen MR) is 125 cm³/mol. The minimum Gasteiger partial charge on any atom is -0.342 e. The van der Waals surface area contributed by atoms with E-state index in [9.17, 15) is 24.5 Å². The molecule has 1 aromatic rings. The third-order valence-electron chi connectivity index (χ3n) is 7.93. The van der Waals surface area contributed by atoms with Gasteiger partial charge in [-0.2, -0.15) is 0 Å². The molecule has 1 aliphatic carbocycles. The second kappa shape index (κ2) is 9.96. The standard InChI is InChI=1S/C26H31N3O5/c1-19-15-23(30)21(22(19)17-29(33)34)16-25(32)28-14-11-26(18-28)9-12-27(13-10-26)24(31)8-7-20-5-3-2-4-6-20/h2-6,19,21-22H,9-18H2,1H3/t19-,21-,22+/m1/s1. The third kappa shape index (κ3) is 5.30. The van der Waals surface area contributed by atoms with Crippen LogP contribution in [0.15, 0.2) is 30.3 Å². The quantitative estimate of drug-likeness (QED) is 0.386. The Morgan fingerprint density at radius 2 is 1.76 bits per heavy atom. The van der Waals surface area contributed by atoms with Crippen molar-refractivity contribution in [2.75, 3.05) is 32.7 Å². The van der Waals surface area contributed by atoms with Gasteiger partial charge in [-0.3, -0.25) is 24.5 Å². The summed E-state index contributed by atoms with van der Waals surface area (Å²) in [5, 5.41) is 11.0. The first-order valence-corrected chi connectivity index (χ1v) is 12.0. The van der Waals surface area contributed by atoms with E-state index < -0.39 is 5.92 Å². The minimum absolute atomic E-state index is 0.00743. The maximum Gasteiger partial charge on any atom is 0.298 e. The lowest BCUT2D eigenvalue weighted by Gasteiger charge is -2.38. The number of amides is 2. The van der Waals surface area contributed by atoms with Crippen molar-refractivity contribution in [2.24, 2.45) is 23.2 Å². The molecule has 0 N–H and O–H groups in total. The number of Topliss-reactive ketones (excluding diaryl/α,β-unsaturated/α-hetero) is 1. The molecule has 4 rings (SSSR count). The van der Waals surface area contributed by atoms with Gasteiger partial charge < -0.3 is 9.80 Å². The molecule has 1 spiro atoms. The molecular formula is C26H31N3O5. The number of rotatable bonds is 4. The smallest absolute Gasteiger partial charge is 0.298 e. The fourth-order valence-corrected chi connectivity index (χ4v) is 5.78. The van der Waals surface area contributed by atoms with Gasteiger partial charge in [-0.25, -0.2) is 0 Å². The van der Waals surface area contributed by atoms with Crippen LogP contribution in [0.2, 0.25) is 0 Å². The first-order valence-electron chi connectivity index (χ1n) is 12.0. The summed E-state index contributed by atoms with van der Waals surface area (Å²) in [6.45, 7) is 4.10. The number of hydrogen-bond donors (Lipinski definition) is 0. The minimum atomic E-state index is -0.549. The average Bonchev–Trinajstić information content (AvgIpc) is 3.34. The summed E-state index contributed by atoms with van der Waals surface area (Å²) in [5.74, 6) is 4.40. The topological polar surface area (TPSA) is 101 Å². The van der Waals surface area contributed by atoms with Gasteiger partial charge in [0, 0.05) is 67.3 Å². The van der Waals surface area contributed by atoms with Crippen LogP contribution in [0.25, 0.3) is 0 Å². The van der Waals surface area contributed by atoms with Crippen molar-refractivity contribution in [3.05, 3.63) is 46.0 Å². The summed E-state index contributed by atoms with van der Waals surface area (Å²) in [6, 6.07) is 9.42. The van der Waals surface area contributed by atoms with Crippen LogP contribution < -0.4 is 0 Å². The Kier molecular flexibility index (Phi) is 7.01. The van der Waals surface area contributed by atoms with Gasteiger partial charge in [0.25, 0.3) is 5.91 Å². The van der Waals surface area contributed by atoms with Crippen LogP contribution >= 0.6 is 0 Å². The zero-order chi connectivity index (χ0) is 24.3. The van der Waals surface area contributed by atoms with E-state index in [4.69, 9.17) is 0 Å². The van der Waals surface area contributed by atoms with Crippen molar-refractivity contribution in [1.29, 1.82) is 0 Å². The molecule has 0 unspecified atom stereocenters. The Hall–Kier alpha value is -3.21. The highest BCUT2D eigenvalue weighted by Gasteiger charge is 2.46. The molecule has 3 fully saturated rings. The number of benzene rings is 1. The van der Waals surface area contributed by atoms with Crippen molar-refractivity contribution < 1.29 is 19.3 Å². The van der Waals surface area contributed by atoms with Crippen molar-refractivity contribution in [3.63, 3.8) is 0 Å². The molecule has 3 atom stereocenters. The zero-order valence-corrected chi connectivity index (χ0v) is 19.6. The Balaban J connectivity index is 1.30. The molecule has 1 aromatic carbocycles. The normalized spacial score (nSPS) is 25.8. The van der Waals surface area contributed by atoms with E-state index in [1.54, 1.807) is 4.90 Å². The van der Waals surface area contributed by atoms with Crippen LogP contribution in [-0.2, 0) is 14.4 Å². The molecule has 1 saturated carbocycles. The first-order chi connectivity index (χ1) is 16.3. The van der Waals surface area contributed by atoms with Gasteiger partial charge in [0.1, 0.15) is 5.78 Å². The summed E-state index contributed by atoms with van der Waals surface area (Å²) in [6.07, 6.45) is 2.90. The average molecular weight is 466 g/mol. The molecular weight excluding hydrogens is 434 g/mol. The van der Waals surface area contributed by atoms with Crippen LogP contribution in [0, 0.1) is 45.1 Å². The molecule has 180 valence electrons. The van der Waals surface area contributed by atoms with Crippen LogP contribution in [-0.4, -0.2) is 65.0 Å². The second-order valence-electron chi connectivity index (χ2n) is 10.1. The number of carbonyl (C=O) groups excluding carboxylic acids is 3. The fourth-order valence-electron chi connectivity index (χ4n) is 5.78. The van der Waals surface area contributed by atoms with E-state index >= 15 is 0 Å². The van der Waals surface area contributed by atoms with Crippen molar-refractivity contribution in [1.82, 2.24) is 9.80 Å². The SMILES string of the molecule is C[C@@H]1CC(=O)[C@H](CC(=O)N2CCC3(CCN(C(=O)C#Cc4ccccc4)CC3)C2)[C@H]1C[N+](=O)[O-]. The predicted octanol–water partition coefficient (Wildman–Crippen LogP) is 2.39. The summed E-state index contributed by atoms with van der Waals surface area (Å²) >= 11 is 0. The maximum atomic E-state index is 13.0. The van der Waals surface area contributed by atoms with Crippen molar-refractivity contribution in [2.45, 2.75) is 39.0 Å². The molecule has 34 heavy (non-hydrogen) atoms. The lowest BCUT2D eigenvalue weighted by atomic mass is 9.77. The number of ketones is 1. The van der Waals surface area contributed by atoms with Crippen molar-refractivity contribution >= 4 is 17.6 Å². The molecule has 8 nitrogen and oxygen atoms in total. The number of likely N-dealkylation sites (tertiary alicyclic amines) is 2. The molecule has 8 heteroatoms. The van der Waals surface area contributed by atoms with Gasteiger partial charge in [0.15, 0.2) is 0 Å². The number of hydrogen-bond acceptors (Lipinski definition) is 5. The maximum absolute atomic E-state index is 13.0. The third-order valence-corrected chi connectivity index (χ3v) is 7.93. The van der Waals surface area contributed by atoms with Gasteiger partial charge in [-0.15, -0.1) is 0 Å². The van der Waals surface area contributed by atoms with E-state index in [0.29, 0.717) is 32.6 Å². The summed E-state index contributed by atoms with van der Waals surface area (Å²) < 4.78 is 0. The first kappa shape index (κ1) is 23.9. The van der Waals surface area contributed by atoms with Crippen LogP contribution in [0.3, 0.4) is 0 Å². The highest BCUT2D eigenvalue weighted by molar-refractivity contribution is 5.94. The molecule has 0 bridgehead atoms. The molecule has 2 amide bonds. The molecule has 0 radical (unpaired) electrons. The van der Waals surface area contributed by atoms with E-state index in [2.05, 4.69) is 11.8 Å². The highest BCUT2D eigenvalue weighted by atomic mass is 16.6. The monoisotopic (exact) mass is 465 g/mol. The molecule has 2 saturated heterocycles. The van der Waals surface area contributed by atoms with E-state index in [0.717, 1.165) is 24.8 Å². The molecule has 0 aromatic heterocycles.